The third-order valence-electron chi connectivity index (χ3n) is 3.59. The van der Waals surface area contributed by atoms with Crippen molar-refractivity contribution in [2.75, 3.05) is 6.54 Å². The van der Waals surface area contributed by atoms with Crippen molar-refractivity contribution in [2.45, 2.75) is 19.4 Å². The lowest BCUT2D eigenvalue weighted by Gasteiger charge is -2.27. The quantitative estimate of drug-likeness (QED) is 0.876. The molecule has 0 bridgehead atoms. The Morgan fingerprint density at radius 3 is 2.10 bits per heavy atom. The number of primary amides is 1. The van der Waals surface area contributed by atoms with Gasteiger partial charge in [0.2, 0.25) is 5.91 Å². The van der Waals surface area contributed by atoms with E-state index in [4.69, 9.17) is 5.73 Å². The SMILES string of the molecule is CCNC(C)(C(N)=O)c1ccc(-c2ccccc2)cc1. The minimum atomic E-state index is -0.829. The second-order valence-corrected chi connectivity index (χ2v) is 4.96. The van der Waals surface area contributed by atoms with Crippen molar-refractivity contribution < 1.29 is 4.79 Å². The summed E-state index contributed by atoms with van der Waals surface area (Å²) in [7, 11) is 0. The lowest BCUT2D eigenvalue weighted by molar-refractivity contribution is -0.124. The van der Waals surface area contributed by atoms with Crippen molar-refractivity contribution in [2.24, 2.45) is 5.73 Å². The zero-order valence-corrected chi connectivity index (χ0v) is 11.9. The van der Waals surface area contributed by atoms with E-state index in [9.17, 15) is 4.79 Å². The summed E-state index contributed by atoms with van der Waals surface area (Å²) in [4.78, 5) is 11.7. The number of nitrogens with one attached hydrogen (secondary N) is 1. The van der Waals surface area contributed by atoms with Crippen LogP contribution in [0.2, 0.25) is 0 Å². The molecule has 0 saturated carbocycles. The van der Waals surface area contributed by atoms with Crippen molar-refractivity contribution >= 4 is 5.91 Å². The molecule has 0 radical (unpaired) electrons. The Hall–Kier alpha value is -2.13. The molecule has 1 unspecified atom stereocenters. The first-order valence-electron chi connectivity index (χ1n) is 6.79. The van der Waals surface area contributed by atoms with Crippen LogP contribution in [0.3, 0.4) is 0 Å². The molecule has 1 amide bonds. The van der Waals surface area contributed by atoms with E-state index in [1.807, 2.05) is 56.3 Å². The van der Waals surface area contributed by atoms with E-state index in [0.717, 1.165) is 16.7 Å². The van der Waals surface area contributed by atoms with Crippen LogP contribution >= 0.6 is 0 Å². The largest absolute Gasteiger partial charge is 0.368 e. The van der Waals surface area contributed by atoms with Crippen molar-refractivity contribution in [3.63, 3.8) is 0 Å². The van der Waals surface area contributed by atoms with Crippen LogP contribution in [0.4, 0.5) is 0 Å². The highest BCUT2D eigenvalue weighted by Gasteiger charge is 2.31. The molecule has 0 aliphatic heterocycles. The predicted octanol–water partition coefficient (Wildman–Crippen LogP) is 2.66. The zero-order chi connectivity index (χ0) is 14.6. The van der Waals surface area contributed by atoms with Crippen molar-refractivity contribution in [1.82, 2.24) is 5.32 Å². The van der Waals surface area contributed by atoms with Crippen LogP contribution in [0.25, 0.3) is 11.1 Å². The number of nitrogens with two attached hydrogens (primary N) is 1. The highest BCUT2D eigenvalue weighted by Crippen LogP contribution is 2.25. The van der Waals surface area contributed by atoms with Gasteiger partial charge in [0.05, 0.1) is 0 Å². The van der Waals surface area contributed by atoms with Crippen LogP contribution in [0.1, 0.15) is 19.4 Å². The maximum atomic E-state index is 11.7. The van der Waals surface area contributed by atoms with Gasteiger partial charge in [-0.05, 0) is 30.2 Å². The number of amides is 1. The second-order valence-electron chi connectivity index (χ2n) is 4.96. The van der Waals surface area contributed by atoms with E-state index in [1.54, 1.807) is 0 Å². The molecule has 0 heterocycles. The van der Waals surface area contributed by atoms with Gasteiger partial charge in [0.1, 0.15) is 5.54 Å². The molecular weight excluding hydrogens is 248 g/mol. The molecule has 2 aromatic rings. The number of rotatable bonds is 5. The Kier molecular flexibility index (Phi) is 4.20. The van der Waals surface area contributed by atoms with Gasteiger partial charge in [-0.3, -0.25) is 4.79 Å². The Morgan fingerprint density at radius 1 is 1.05 bits per heavy atom. The molecule has 2 rings (SSSR count). The van der Waals surface area contributed by atoms with Crippen molar-refractivity contribution in [3.05, 3.63) is 60.2 Å². The van der Waals surface area contributed by atoms with E-state index in [2.05, 4.69) is 17.4 Å². The second kappa shape index (κ2) is 5.88. The number of benzene rings is 2. The summed E-state index contributed by atoms with van der Waals surface area (Å²) in [6.07, 6.45) is 0. The molecule has 3 N–H and O–H groups in total. The summed E-state index contributed by atoms with van der Waals surface area (Å²) in [6.45, 7) is 4.45. The number of hydrogen-bond acceptors (Lipinski definition) is 2. The first kappa shape index (κ1) is 14.3. The summed E-state index contributed by atoms with van der Waals surface area (Å²) in [5.74, 6) is -0.369. The maximum absolute atomic E-state index is 11.7. The molecule has 2 aromatic carbocycles. The smallest absolute Gasteiger partial charge is 0.242 e. The lowest BCUT2D eigenvalue weighted by atomic mass is 9.89. The van der Waals surface area contributed by atoms with Crippen LogP contribution in [0.15, 0.2) is 54.6 Å². The third-order valence-corrected chi connectivity index (χ3v) is 3.59. The van der Waals surface area contributed by atoms with Crippen LogP contribution in [-0.4, -0.2) is 12.5 Å². The summed E-state index contributed by atoms with van der Waals surface area (Å²) in [6, 6.07) is 18.1. The minimum absolute atomic E-state index is 0.369. The standard InChI is InChI=1S/C17H20N2O/c1-3-19-17(2,16(18)20)15-11-9-14(10-12-15)13-7-5-4-6-8-13/h4-12,19H,3H2,1-2H3,(H2,18,20). The number of likely N-dealkylation sites (N-methyl/N-ethyl adjacent to an activating group) is 1. The van der Waals surface area contributed by atoms with Crippen molar-refractivity contribution in [3.8, 4) is 11.1 Å². The Balaban J connectivity index is 2.34. The summed E-state index contributed by atoms with van der Waals surface area (Å²) < 4.78 is 0. The minimum Gasteiger partial charge on any atom is -0.368 e. The fourth-order valence-electron chi connectivity index (χ4n) is 2.31. The van der Waals surface area contributed by atoms with Crippen LogP contribution < -0.4 is 11.1 Å². The zero-order valence-electron chi connectivity index (χ0n) is 11.9. The molecular formula is C17H20N2O. The normalized spacial score (nSPS) is 13.7. The highest BCUT2D eigenvalue weighted by atomic mass is 16.1. The van der Waals surface area contributed by atoms with Gasteiger partial charge in [-0.2, -0.15) is 0 Å². The van der Waals surface area contributed by atoms with E-state index >= 15 is 0 Å². The fourth-order valence-corrected chi connectivity index (χ4v) is 2.31. The van der Waals surface area contributed by atoms with Crippen molar-refractivity contribution in [1.29, 1.82) is 0 Å². The van der Waals surface area contributed by atoms with Crippen LogP contribution in [0, 0.1) is 0 Å². The summed E-state index contributed by atoms with van der Waals surface area (Å²) >= 11 is 0. The Labute approximate surface area is 119 Å². The number of carbonyl (C=O) groups is 1. The molecule has 0 spiro atoms. The number of hydrogen-bond donors (Lipinski definition) is 2. The number of carbonyl (C=O) groups excluding carboxylic acids is 1. The van der Waals surface area contributed by atoms with Gasteiger partial charge in [-0.1, -0.05) is 61.5 Å². The van der Waals surface area contributed by atoms with Gasteiger partial charge >= 0.3 is 0 Å². The third kappa shape index (κ3) is 2.73. The van der Waals surface area contributed by atoms with Gasteiger partial charge < -0.3 is 11.1 Å². The predicted molar refractivity (Wildman–Crippen MR) is 82.1 cm³/mol. The van der Waals surface area contributed by atoms with E-state index in [0.29, 0.717) is 6.54 Å². The summed E-state index contributed by atoms with van der Waals surface area (Å²) in [5, 5.41) is 3.16. The molecule has 0 aliphatic rings. The van der Waals surface area contributed by atoms with Crippen LogP contribution in [-0.2, 0) is 10.3 Å². The molecule has 20 heavy (non-hydrogen) atoms. The molecule has 0 saturated heterocycles. The summed E-state index contributed by atoms with van der Waals surface area (Å²) in [5.41, 5.74) is 7.87. The molecule has 3 nitrogen and oxygen atoms in total. The van der Waals surface area contributed by atoms with Gasteiger partial charge in [-0.25, -0.2) is 0 Å². The average Bonchev–Trinajstić information content (AvgIpc) is 2.48. The molecule has 0 aliphatic carbocycles. The van der Waals surface area contributed by atoms with Crippen LogP contribution in [0.5, 0.6) is 0 Å². The molecule has 0 aromatic heterocycles. The van der Waals surface area contributed by atoms with E-state index in [-0.39, 0.29) is 5.91 Å². The van der Waals surface area contributed by atoms with E-state index in [1.165, 1.54) is 0 Å². The first-order chi connectivity index (χ1) is 9.58. The fraction of sp³-hybridized carbons (Fsp3) is 0.235. The van der Waals surface area contributed by atoms with Gasteiger partial charge in [0.25, 0.3) is 0 Å². The van der Waals surface area contributed by atoms with E-state index < -0.39 is 5.54 Å². The van der Waals surface area contributed by atoms with Gasteiger partial charge in [0, 0.05) is 0 Å². The maximum Gasteiger partial charge on any atom is 0.242 e. The first-order valence-corrected chi connectivity index (χ1v) is 6.79. The van der Waals surface area contributed by atoms with Gasteiger partial charge in [-0.15, -0.1) is 0 Å². The Bertz CT molecular complexity index is 578. The highest BCUT2D eigenvalue weighted by molar-refractivity contribution is 5.86. The average molecular weight is 268 g/mol. The molecule has 0 fully saturated rings. The molecule has 1 atom stereocenters. The van der Waals surface area contributed by atoms with Gasteiger partial charge in [0.15, 0.2) is 0 Å². The lowest BCUT2D eigenvalue weighted by Crippen LogP contribution is -2.50. The molecule has 104 valence electrons. The molecule has 3 heteroatoms. The topological polar surface area (TPSA) is 55.1 Å². The Morgan fingerprint density at radius 2 is 1.60 bits per heavy atom. The monoisotopic (exact) mass is 268 g/mol.